The Balaban J connectivity index is 2.21. The number of hydrogen-bond donors (Lipinski definition) is 1. The average molecular weight is 261 g/mol. The van der Waals surface area contributed by atoms with Crippen molar-refractivity contribution in [2.75, 3.05) is 12.3 Å². The third-order valence-electron chi connectivity index (χ3n) is 2.27. The second-order valence-electron chi connectivity index (χ2n) is 3.72. The summed E-state index contributed by atoms with van der Waals surface area (Å²) >= 11 is 1.49. The van der Waals surface area contributed by atoms with Crippen LogP contribution >= 0.6 is 11.8 Å². The lowest BCUT2D eigenvalue weighted by molar-refractivity contribution is 0.341. The van der Waals surface area contributed by atoms with Gasteiger partial charge in [0.2, 0.25) is 0 Å². The fourth-order valence-corrected chi connectivity index (χ4v) is 2.26. The largest absolute Gasteiger partial charge is 0.492 e. The van der Waals surface area contributed by atoms with E-state index in [0.717, 1.165) is 15.7 Å². The number of aromatic nitrogens is 2. The van der Waals surface area contributed by atoms with Crippen LogP contribution in [0.25, 0.3) is 0 Å². The van der Waals surface area contributed by atoms with Crippen molar-refractivity contribution in [3.05, 3.63) is 36.2 Å². The minimum Gasteiger partial charge on any atom is -0.492 e. The Bertz CT molecular complexity index is 546. The molecule has 4 nitrogen and oxygen atoms in total. The van der Waals surface area contributed by atoms with Crippen LogP contribution in [0.15, 0.2) is 40.5 Å². The van der Waals surface area contributed by atoms with E-state index in [1.165, 1.54) is 11.8 Å². The molecule has 0 spiro atoms. The molecule has 0 unspecified atom stereocenters. The highest BCUT2D eigenvalue weighted by Gasteiger charge is 2.05. The van der Waals surface area contributed by atoms with Gasteiger partial charge in [0.25, 0.3) is 0 Å². The standard InChI is InChI=1S/C13H15N3OS/c1-3-17-12-8-10(4-5-11(12)14)18-13-15-7-6-9(2)16-13/h4-8H,3,14H2,1-2H3. The highest BCUT2D eigenvalue weighted by molar-refractivity contribution is 7.99. The summed E-state index contributed by atoms with van der Waals surface area (Å²) in [7, 11) is 0. The Morgan fingerprint density at radius 2 is 2.17 bits per heavy atom. The molecule has 2 rings (SSSR count). The molecule has 2 aromatic rings. The fourth-order valence-electron chi connectivity index (χ4n) is 1.44. The molecule has 0 saturated carbocycles. The van der Waals surface area contributed by atoms with Crippen LogP contribution in [0.4, 0.5) is 5.69 Å². The molecule has 0 aliphatic carbocycles. The van der Waals surface area contributed by atoms with E-state index in [0.29, 0.717) is 18.0 Å². The maximum absolute atomic E-state index is 5.83. The lowest BCUT2D eigenvalue weighted by Gasteiger charge is -2.08. The molecule has 94 valence electrons. The highest BCUT2D eigenvalue weighted by atomic mass is 32.2. The summed E-state index contributed by atoms with van der Waals surface area (Å²) in [5, 5.41) is 0.724. The zero-order valence-corrected chi connectivity index (χ0v) is 11.2. The topological polar surface area (TPSA) is 61.0 Å². The number of benzene rings is 1. The number of anilines is 1. The van der Waals surface area contributed by atoms with Gasteiger partial charge in [-0.25, -0.2) is 9.97 Å². The van der Waals surface area contributed by atoms with Gasteiger partial charge in [-0.2, -0.15) is 0 Å². The molecular formula is C13H15N3OS. The first-order valence-corrected chi connectivity index (χ1v) is 6.50. The summed E-state index contributed by atoms with van der Waals surface area (Å²) in [4.78, 5) is 9.57. The van der Waals surface area contributed by atoms with Crippen LogP contribution in [-0.2, 0) is 0 Å². The molecule has 0 radical (unpaired) electrons. The number of ether oxygens (including phenoxy) is 1. The second-order valence-corrected chi connectivity index (χ2v) is 4.76. The Morgan fingerprint density at radius 3 is 2.89 bits per heavy atom. The Labute approximate surface area is 111 Å². The van der Waals surface area contributed by atoms with Crippen LogP contribution < -0.4 is 10.5 Å². The van der Waals surface area contributed by atoms with E-state index in [9.17, 15) is 0 Å². The van der Waals surface area contributed by atoms with Crippen molar-refractivity contribution in [2.45, 2.75) is 23.9 Å². The number of rotatable bonds is 4. The van der Waals surface area contributed by atoms with Crippen LogP contribution in [0.5, 0.6) is 5.75 Å². The van der Waals surface area contributed by atoms with Gasteiger partial charge in [0.05, 0.1) is 12.3 Å². The number of nitrogens with two attached hydrogens (primary N) is 1. The summed E-state index contributed by atoms with van der Waals surface area (Å²) in [5.41, 5.74) is 7.42. The van der Waals surface area contributed by atoms with Crippen LogP contribution in [0.2, 0.25) is 0 Å². The van der Waals surface area contributed by atoms with Crippen LogP contribution in [0.3, 0.4) is 0 Å². The van der Waals surface area contributed by atoms with Gasteiger partial charge in [-0.3, -0.25) is 0 Å². The minimum atomic E-state index is 0.596. The predicted octanol–water partition coefficient (Wildman–Crippen LogP) is 2.92. The summed E-state index contributed by atoms with van der Waals surface area (Å²) < 4.78 is 5.46. The van der Waals surface area contributed by atoms with Gasteiger partial charge in [-0.15, -0.1) is 0 Å². The second kappa shape index (κ2) is 5.73. The van der Waals surface area contributed by atoms with Crippen molar-refractivity contribution in [2.24, 2.45) is 0 Å². The highest BCUT2D eigenvalue weighted by Crippen LogP contribution is 2.31. The Hall–Kier alpha value is -1.75. The van der Waals surface area contributed by atoms with E-state index in [1.54, 1.807) is 6.20 Å². The van der Waals surface area contributed by atoms with Crippen molar-refractivity contribution in [3.63, 3.8) is 0 Å². The van der Waals surface area contributed by atoms with E-state index in [2.05, 4.69) is 9.97 Å². The summed E-state index contributed by atoms with van der Waals surface area (Å²) in [6.45, 7) is 4.47. The van der Waals surface area contributed by atoms with Crippen molar-refractivity contribution in [1.29, 1.82) is 0 Å². The molecular weight excluding hydrogens is 246 g/mol. The quantitative estimate of drug-likeness (QED) is 0.677. The van der Waals surface area contributed by atoms with Gasteiger partial charge in [-0.1, -0.05) is 0 Å². The molecule has 5 heteroatoms. The lowest BCUT2D eigenvalue weighted by Crippen LogP contribution is -1.97. The first-order valence-electron chi connectivity index (χ1n) is 5.69. The lowest BCUT2D eigenvalue weighted by atomic mass is 10.3. The molecule has 2 N–H and O–H groups in total. The molecule has 0 amide bonds. The number of aryl methyl sites for hydroxylation is 1. The minimum absolute atomic E-state index is 0.596. The summed E-state index contributed by atoms with van der Waals surface area (Å²) in [5.74, 6) is 0.704. The first-order chi connectivity index (χ1) is 8.69. The smallest absolute Gasteiger partial charge is 0.192 e. The van der Waals surface area contributed by atoms with Crippen molar-refractivity contribution >= 4 is 17.4 Å². The molecule has 1 aromatic carbocycles. The molecule has 0 fully saturated rings. The van der Waals surface area contributed by atoms with Gasteiger partial charge in [0.1, 0.15) is 5.75 Å². The van der Waals surface area contributed by atoms with E-state index in [-0.39, 0.29) is 0 Å². The maximum atomic E-state index is 5.83. The number of nitrogen functional groups attached to an aromatic ring is 1. The average Bonchev–Trinajstić information content (AvgIpc) is 2.34. The van der Waals surface area contributed by atoms with Gasteiger partial charge in [0.15, 0.2) is 5.16 Å². The molecule has 0 saturated heterocycles. The first kappa shape index (κ1) is 12.7. The zero-order valence-electron chi connectivity index (χ0n) is 10.4. The third kappa shape index (κ3) is 3.13. The van der Waals surface area contributed by atoms with Gasteiger partial charge < -0.3 is 10.5 Å². The molecule has 0 aliphatic rings. The van der Waals surface area contributed by atoms with E-state index >= 15 is 0 Å². The Morgan fingerprint density at radius 1 is 1.33 bits per heavy atom. The van der Waals surface area contributed by atoms with Crippen molar-refractivity contribution < 1.29 is 4.74 Å². The summed E-state index contributed by atoms with van der Waals surface area (Å²) in [6.07, 6.45) is 1.76. The van der Waals surface area contributed by atoms with Crippen molar-refractivity contribution in [3.8, 4) is 5.75 Å². The molecule has 0 bridgehead atoms. The normalized spacial score (nSPS) is 10.3. The Kier molecular flexibility index (Phi) is 4.04. The maximum Gasteiger partial charge on any atom is 0.192 e. The zero-order chi connectivity index (χ0) is 13.0. The van der Waals surface area contributed by atoms with Crippen LogP contribution in [-0.4, -0.2) is 16.6 Å². The number of hydrogen-bond acceptors (Lipinski definition) is 5. The van der Waals surface area contributed by atoms with Crippen molar-refractivity contribution in [1.82, 2.24) is 9.97 Å². The molecule has 18 heavy (non-hydrogen) atoms. The number of nitrogens with zero attached hydrogens (tertiary/aromatic N) is 2. The predicted molar refractivity (Wildman–Crippen MR) is 72.9 cm³/mol. The van der Waals surface area contributed by atoms with Crippen LogP contribution in [0, 0.1) is 6.92 Å². The molecule has 1 heterocycles. The van der Waals surface area contributed by atoms with E-state index in [1.807, 2.05) is 38.1 Å². The van der Waals surface area contributed by atoms with E-state index in [4.69, 9.17) is 10.5 Å². The SMILES string of the molecule is CCOc1cc(Sc2nccc(C)n2)ccc1N. The van der Waals surface area contributed by atoms with Gasteiger partial charge in [-0.05, 0) is 49.9 Å². The fraction of sp³-hybridized carbons (Fsp3) is 0.231. The van der Waals surface area contributed by atoms with Gasteiger partial charge in [0, 0.05) is 16.8 Å². The third-order valence-corrected chi connectivity index (χ3v) is 3.14. The van der Waals surface area contributed by atoms with E-state index < -0.39 is 0 Å². The molecule has 0 aliphatic heterocycles. The molecule has 0 atom stereocenters. The van der Waals surface area contributed by atoms with Crippen LogP contribution in [0.1, 0.15) is 12.6 Å². The van der Waals surface area contributed by atoms with Gasteiger partial charge >= 0.3 is 0 Å². The summed E-state index contributed by atoms with van der Waals surface area (Å²) in [6, 6.07) is 7.56. The monoisotopic (exact) mass is 261 g/mol. The molecule has 1 aromatic heterocycles.